The number of fused-ring (bicyclic) bond motifs is 1. The van der Waals surface area contributed by atoms with Gasteiger partial charge in [0.15, 0.2) is 0 Å². The Hall–Kier alpha value is -1.78. The number of rotatable bonds is 3. The molecule has 2 aromatic rings. The van der Waals surface area contributed by atoms with Gasteiger partial charge in [0.05, 0.1) is 0 Å². The topological polar surface area (TPSA) is 23.6 Å². The van der Waals surface area contributed by atoms with E-state index in [1.807, 2.05) is 0 Å². The molecule has 0 bridgehead atoms. The highest BCUT2D eigenvalue weighted by molar-refractivity contribution is 7.98. The number of likely N-dealkylation sites (tertiary alicyclic amines) is 1. The Bertz CT molecular complexity index is 933. The van der Waals surface area contributed by atoms with E-state index in [9.17, 15) is 4.79 Å². The van der Waals surface area contributed by atoms with Gasteiger partial charge in [-0.3, -0.25) is 9.69 Å². The molecular formula is C25H28N2OS. The van der Waals surface area contributed by atoms with Crippen LogP contribution >= 0.6 is 11.8 Å². The number of hydrogen-bond acceptors (Lipinski definition) is 3. The van der Waals surface area contributed by atoms with Gasteiger partial charge in [-0.05, 0) is 73.7 Å². The van der Waals surface area contributed by atoms with Crippen molar-refractivity contribution in [2.45, 2.75) is 54.6 Å². The zero-order chi connectivity index (χ0) is 19.6. The molecule has 1 spiro atoms. The smallest absolute Gasteiger partial charge is 0.243 e. The summed E-state index contributed by atoms with van der Waals surface area (Å²) >= 11 is 1.79. The molecule has 0 aromatic heterocycles. The summed E-state index contributed by atoms with van der Waals surface area (Å²) in [6.07, 6.45) is 7.51. The third-order valence-corrected chi connectivity index (χ3v) is 8.79. The molecule has 4 aliphatic rings. The third kappa shape index (κ3) is 2.51. The van der Waals surface area contributed by atoms with Gasteiger partial charge < -0.3 is 4.90 Å². The number of amides is 1. The second-order valence-corrected chi connectivity index (χ2v) is 10.1. The van der Waals surface area contributed by atoms with E-state index in [0.717, 1.165) is 45.2 Å². The fraction of sp³-hybridized carbons (Fsp3) is 0.480. The monoisotopic (exact) mass is 404 g/mol. The Kier molecular flexibility index (Phi) is 4.11. The Balaban J connectivity index is 1.28. The van der Waals surface area contributed by atoms with Gasteiger partial charge in [0.2, 0.25) is 5.91 Å². The van der Waals surface area contributed by atoms with Crippen LogP contribution in [0.5, 0.6) is 0 Å². The average molecular weight is 405 g/mol. The van der Waals surface area contributed by atoms with Gasteiger partial charge in [-0.15, -0.1) is 11.8 Å². The molecule has 150 valence electrons. The first-order chi connectivity index (χ1) is 14.2. The minimum Gasteiger partial charge on any atom is -0.337 e. The lowest BCUT2D eigenvalue weighted by Gasteiger charge is -2.35. The second-order valence-electron chi connectivity index (χ2n) is 9.23. The zero-order valence-electron chi connectivity index (χ0n) is 17.0. The molecule has 0 N–H and O–H groups in total. The van der Waals surface area contributed by atoms with E-state index >= 15 is 0 Å². The SMILES string of the molecule is CSc1ccc([C@@H]2C[C@H]3CN(C4Cc5ccccc5C4)C(=O)[C@]34CCCN24)cc1. The summed E-state index contributed by atoms with van der Waals surface area (Å²) in [7, 11) is 0. The van der Waals surface area contributed by atoms with Crippen LogP contribution in [0.2, 0.25) is 0 Å². The normalized spacial score (nSPS) is 31.3. The van der Waals surface area contributed by atoms with Crippen LogP contribution in [0, 0.1) is 5.92 Å². The van der Waals surface area contributed by atoms with Crippen molar-refractivity contribution in [3.63, 3.8) is 0 Å². The maximum atomic E-state index is 13.9. The lowest BCUT2D eigenvalue weighted by atomic mass is 9.85. The van der Waals surface area contributed by atoms with Crippen molar-refractivity contribution in [3.05, 3.63) is 65.2 Å². The molecule has 3 nitrogen and oxygen atoms in total. The van der Waals surface area contributed by atoms with Crippen molar-refractivity contribution in [2.24, 2.45) is 5.92 Å². The van der Waals surface area contributed by atoms with Gasteiger partial charge in [-0.25, -0.2) is 0 Å². The second kappa shape index (κ2) is 6.61. The van der Waals surface area contributed by atoms with Gasteiger partial charge in [0.1, 0.15) is 5.54 Å². The van der Waals surface area contributed by atoms with Crippen LogP contribution in [0.3, 0.4) is 0 Å². The van der Waals surface area contributed by atoms with Crippen LogP contribution in [0.25, 0.3) is 0 Å². The zero-order valence-corrected chi connectivity index (χ0v) is 17.8. The number of nitrogens with zero attached hydrogens (tertiary/aromatic N) is 2. The highest BCUT2D eigenvalue weighted by Crippen LogP contribution is 2.56. The Morgan fingerprint density at radius 1 is 1.03 bits per heavy atom. The molecule has 3 atom stereocenters. The largest absolute Gasteiger partial charge is 0.337 e. The van der Waals surface area contributed by atoms with E-state index in [2.05, 4.69) is 64.6 Å². The molecule has 3 heterocycles. The first-order valence-corrected chi connectivity index (χ1v) is 12.2. The molecule has 0 radical (unpaired) electrons. The lowest BCUT2D eigenvalue weighted by molar-refractivity contribution is -0.138. The molecule has 6 rings (SSSR count). The fourth-order valence-electron chi connectivity index (χ4n) is 6.74. The highest BCUT2D eigenvalue weighted by atomic mass is 32.2. The molecular weight excluding hydrogens is 376 g/mol. The summed E-state index contributed by atoms with van der Waals surface area (Å²) in [6.45, 7) is 2.02. The van der Waals surface area contributed by atoms with Crippen LogP contribution in [-0.4, -0.2) is 46.6 Å². The van der Waals surface area contributed by atoms with E-state index in [0.29, 0.717) is 23.9 Å². The van der Waals surface area contributed by atoms with E-state index < -0.39 is 0 Å². The van der Waals surface area contributed by atoms with E-state index in [1.54, 1.807) is 11.8 Å². The first-order valence-electron chi connectivity index (χ1n) is 11.0. The average Bonchev–Trinajstić information content (AvgIpc) is 3.48. The Morgan fingerprint density at radius 3 is 2.45 bits per heavy atom. The summed E-state index contributed by atoms with van der Waals surface area (Å²) in [5, 5.41) is 0. The predicted molar refractivity (Wildman–Crippen MR) is 117 cm³/mol. The lowest BCUT2D eigenvalue weighted by Crippen LogP contribution is -2.51. The van der Waals surface area contributed by atoms with Gasteiger partial charge in [0, 0.05) is 29.4 Å². The molecule has 3 saturated heterocycles. The number of carbonyl (C=O) groups is 1. The van der Waals surface area contributed by atoms with Crippen molar-refractivity contribution in [3.8, 4) is 0 Å². The predicted octanol–water partition coefficient (Wildman–Crippen LogP) is 4.31. The molecule has 3 aliphatic heterocycles. The first kappa shape index (κ1) is 18.0. The molecule has 3 fully saturated rings. The summed E-state index contributed by atoms with van der Waals surface area (Å²) < 4.78 is 0. The highest BCUT2D eigenvalue weighted by Gasteiger charge is 2.65. The van der Waals surface area contributed by atoms with Gasteiger partial charge in [-0.1, -0.05) is 36.4 Å². The quantitative estimate of drug-likeness (QED) is 0.712. The maximum Gasteiger partial charge on any atom is 0.243 e. The minimum atomic E-state index is -0.225. The molecule has 1 aliphatic carbocycles. The van der Waals surface area contributed by atoms with Crippen molar-refractivity contribution in [1.29, 1.82) is 0 Å². The molecule has 29 heavy (non-hydrogen) atoms. The summed E-state index contributed by atoms with van der Waals surface area (Å²) in [6, 6.07) is 18.6. The molecule has 0 unspecified atom stereocenters. The van der Waals surface area contributed by atoms with E-state index in [-0.39, 0.29) is 5.54 Å². The summed E-state index contributed by atoms with van der Waals surface area (Å²) in [4.78, 5) is 20.1. The van der Waals surface area contributed by atoms with Crippen LogP contribution in [0.15, 0.2) is 53.4 Å². The third-order valence-electron chi connectivity index (χ3n) is 8.05. The van der Waals surface area contributed by atoms with Crippen molar-refractivity contribution in [2.75, 3.05) is 19.3 Å². The summed E-state index contributed by atoms with van der Waals surface area (Å²) in [5.41, 5.74) is 4.05. The van der Waals surface area contributed by atoms with Crippen molar-refractivity contribution < 1.29 is 4.79 Å². The van der Waals surface area contributed by atoms with Crippen LogP contribution in [0.1, 0.15) is 42.0 Å². The Labute approximate surface area is 177 Å². The number of thioether (sulfide) groups is 1. The van der Waals surface area contributed by atoms with E-state index in [1.165, 1.54) is 21.6 Å². The van der Waals surface area contributed by atoms with Gasteiger partial charge >= 0.3 is 0 Å². The number of hydrogen-bond donors (Lipinski definition) is 0. The van der Waals surface area contributed by atoms with Gasteiger partial charge in [-0.2, -0.15) is 0 Å². The van der Waals surface area contributed by atoms with Crippen LogP contribution in [-0.2, 0) is 17.6 Å². The van der Waals surface area contributed by atoms with Crippen molar-refractivity contribution in [1.82, 2.24) is 9.80 Å². The minimum absolute atomic E-state index is 0.225. The summed E-state index contributed by atoms with van der Waals surface area (Å²) in [5.74, 6) is 0.910. The van der Waals surface area contributed by atoms with Crippen LogP contribution in [0.4, 0.5) is 0 Å². The fourth-order valence-corrected chi connectivity index (χ4v) is 7.15. The van der Waals surface area contributed by atoms with Gasteiger partial charge in [0.25, 0.3) is 0 Å². The molecule has 1 amide bonds. The number of carbonyl (C=O) groups excluding carboxylic acids is 1. The maximum absolute atomic E-state index is 13.9. The van der Waals surface area contributed by atoms with Crippen LogP contribution < -0.4 is 0 Å². The molecule has 4 heteroatoms. The van der Waals surface area contributed by atoms with E-state index in [4.69, 9.17) is 0 Å². The Morgan fingerprint density at radius 2 is 1.76 bits per heavy atom. The molecule has 0 saturated carbocycles. The van der Waals surface area contributed by atoms with Crippen molar-refractivity contribution >= 4 is 17.7 Å². The molecule has 2 aromatic carbocycles. The standard InChI is InChI=1S/C25H28N2OS/c1-29-22-9-7-17(8-10-22)23-15-20-16-26(24(28)25(20)11-4-12-27(23)25)21-13-18-5-2-3-6-19(18)14-21/h2-3,5-10,20-21,23H,4,11-16H2,1H3/t20-,23-,25-/m0/s1. The number of benzene rings is 2.